The Morgan fingerprint density at radius 2 is 1.55 bits per heavy atom. The number of fused-ring (bicyclic) bond motifs is 4. The van der Waals surface area contributed by atoms with Gasteiger partial charge in [-0.15, -0.1) is 0 Å². The normalized spacial score (nSPS) is 18.0. The smallest absolute Gasteiger partial charge is 0.294 e. The number of ether oxygens (including phenoxy) is 1. The van der Waals surface area contributed by atoms with E-state index in [0.29, 0.717) is 18.5 Å². The van der Waals surface area contributed by atoms with E-state index in [9.17, 15) is 21.4 Å². The molecule has 8 rings (SSSR count). The number of hydrogen-bond donors (Lipinski definition) is 3. The quantitative estimate of drug-likeness (QED) is 0.130. The Labute approximate surface area is 288 Å². The average molecular weight is 706 g/mol. The third kappa shape index (κ3) is 5.79. The molecule has 3 aromatic carbocycles. The molecule has 3 aromatic rings. The second kappa shape index (κ2) is 12.8. The zero-order valence-electron chi connectivity index (χ0n) is 27.9. The van der Waals surface area contributed by atoms with E-state index in [1.54, 1.807) is 6.07 Å². The summed E-state index contributed by atoms with van der Waals surface area (Å²) in [5.74, 6) is 1.57. The van der Waals surface area contributed by atoms with Crippen molar-refractivity contribution in [2.24, 2.45) is 5.73 Å². The van der Waals surface area contributed by atoms with E-state index < -0.39 is 25.0 Å². The van der Waals surface area contributed by atoms with E-state index in [2.05, 4.69) is 26.3 Å². The Morgan fingerprint density at radius 1 is 0.816 bits per heavy atom. The van der Waals surface area contributed by atoms with Gasteiger partial charge < -0.3 is 15.4 Å². The SMILES string of the molecule is NCCCCCCNS(=O)(=O)c1cc(S(=O)(=O)O)ccc1C1=c2cc3c4c(c2Oc2c1cc1c5c2CCCN5CCC1)CCC[N+]=4CCC3. The number of nitrogens with two attached hydrogens (primary N) is 1. The van der Waals surface area contributed by atoms with Crippen molar-refractivity contribution in [1.82, 2.24) is 9.30 Å². The van der Waals surface area contributed by atoms with Gasteiger partial charge in [0.2, 0.25) is 15.4 Å². The molecule has 0 radical (unpaired) electrons. The molecule has 12 heteroatoms. The van der Waals surface area contributed by atoms with Gasteiger partial charge in [-0.2, -0.15) is 8.42 Å². The molecule has 0 bridgehead atoms. The fourth-order valence-corrected chi connectivity index (χ4v) is 10.7. The molecule has 4 N–H and O–H groups in total. The van der Waals surface area contributed by atoms with E-state index in [0.717, 1.165) is 131 Å². The third-order valence-corrected chi connectivity index (χ3v) is 13.3. The summed E-state index contributed by atoms with van der Waals surface area (Å²) in [4.78, 5) is 1.85. The molecule has 0 aromatic heterocycles. The molecular formula is C37H45N4O6S2+. The molecule has 0 aliphatic carbocycles. The molecule has 0 saturated heterocycles. The third-order valence-electron chi connectivity index (χ3n) is 10.9. The zero-order chi connectivity index (χ0) is 33.9. The largest absolute Gasteiger partial charge is 0.455 e. The van der Waals surface area contributed by atoms with Crippen LogP contribution in [-0.2, 0) is 45.8 Å². The van der Waals surface area contributed by atoms with Crippen LogP contribution in [0.4, 0.5) is 5.69 Å². The van der Waals surface area contributed by atoms with Gasteiger partial charge >= 0.3 is 0 Å². The van der Waals surface area contributed by atoms with Crippen LogP contribution in [0, 0.1) is 0 Å². The number of rotatable bonds is 10. The molecule has 5 heterocycles. The molecule has 5 aliphatic heterocycles. The Balaban J connectivity index is 1.41. The lowest BCUT2D eigenvalue weighted by Gasteiger charge is -2.39. The summed E-state index contributed by atoms with van der Waals surface area (Å²) in [6.07, 6.45) is 10.9. The molecule has 0 fully saturated rings. The summed E-state index contributed by atoms with van der Waals surface area (Å²) < 4.78 is 75.7. The predicted molar refractivity (Wildman–Crippen MR) is 189 cm³/mol. The van der Waals surface area contributed by atoms with Crippen LogP contribution < -0.4 is 35.2 Å². The Kier molecular flexibility index (Phi) is 8.59. The number of nitrogens with one attached hydrogen (secondary N) is 1. The van der Waals surface area contributed by atoms with Gasteiger partial charge in [-0.25, -0.2) is 17.7 Å². The maximum Gasteiger partial charge on any atom is 0.294 e. The first kappa shape index (κ1) is 32.9. The van der Waals surface area contributed by atoms with Crippen molar-refractivity contribution in [3.63, 3.8) is 0 Å². The summed E-state index contributed by atoms with van der Waals surface area (Å²) in [6, 6.07) is 8.37. The number of aryl methyl sites for hydroxylation is 2. The first-order valence-electron chi connectivity index (χ1n) is 17.9. The summed E-state index contributed by atoms with van der Waals surface area (Å²) in [5, 5.41) is 2.11. The van der Waals surface area contributed by atoms with Gasteiger partial charge in [0.15, 0.2) is 0 Å². The van der Waals surface area contributed by atoms with Crippen LogP contribution in [0.2, 0.25) is 0 Å². The van der Waals surface area contributed by atoms with Crippen molar-refractivity contribution < 1.29 is 26.1 Å². The Bertz CT molecular complexity index is 2210. The highest BCUT2D eigenvalue weighted by Gasteiger charge is 2.37. The van der Waals surface area contributed by atoms with E-state index in [1.165, 1.54) is 39.4 Å². The van der Waals surface area contributed by atoms with E-state index in [4.69, 9.17) is 10.5 Å². The minimum atomic E-state index is -4.68. The monoisotopic (exact) mass is 705 g/mol. The predicted octanol–water partition coefficient (Wildman–Crippen LogP) is 3.17. The van der Waals surface area contributed by atoms with Gasteiger partial charge in [0.1, 0.15) is 24.6 Å². The first-order chi connectivity index (χ1) is 23.7. The van der Waals surface area contributed by atoms with Gasteiger partial charge in [0, 0.05) is 71.2 Å². The number of sulfonamides is 1. The van der Waals surface area contributed by atoms with Crippen LogP contribution in [0.15, 0.2) is 40.1 Å². The van der Waals surface area contributed by atoms with Crippen molar-refractivity contribution >= 4 is 31.4 Å². The van der Waals surface area contributed by atoms with Crippen molar-refractivity contribution in [1.29, 1.82) is 0 Å². The van der Waals surface area contributed by atoms with E-state index in [1.807, 2.05) is 0 Å². The fraction of sp³-hybridized carbons (Fsp3) is 0.486. The molecule has 0 atom stereocenters. The molecule has 10 nitrogen and oxygen atoms in total. The molecule has 0 saturated carbocycles. The summed E-state index contributed by atoms with van der Waals surface area (Å²) in [6.45, 7) is 4.84. The average Bonchev–Trinajstić information content (AvgIpc) is 3.09. The van der Waals surface area contributed by atoms with Crippen molar-refractivity contribution in [3.8, 4) is 11.5 Å². The summed E-state index contributed by atoms with van der Waals surface area (Å²) in [7, 11) is -8.89. The minimum Gasteiger partial charge on any atom is -0.455 e. The molecule has 5 aliphatic rings. The summed E-state index contributed by atoms with van der Waals surface area (Å²) in [5.41, 5.74) is 13.7. The molecular weight excluding hydrogens is 661 g/mol. The lowest BCUT2D eigenvalue weighted by atomic mass is 9.82. The van der Waals surface area contributed by atoms with Crippen LogP contribution in [0.5, 0.6) is 11.5 Å². The van der Waals surface area contributed by atoms with E-state index in [-0.39, 0.29) is 11.4 Å². The van der Waals surface area contributed by atoms with Gasteiger partial charge in [0.05, 0.1) is 15.4 Å². The minimum absolute atomic E-state index is 0.167. The zero-order valence-corrected chi connectivity index (χ0v) is 29.5. The van der Waals surface area contributed by atoms with Gasteiger partial charge in [0.25, 0.3) is 10.1 Å². The standard InChI is InChI=1S/C37H44N4O6S2/c38-15-3-1-2-4-16-39-48(42,43)32-23-26(49(44,45)46)13-14-27(32)33-30-21-24-9-5-17-40-19-7-11-28(34(24)40)36(30)47-37-29-12-8-20-41-18-6-10-25(35(29)41)22-31(33)37/h13-14,21-23,39H,1-12,15-20,38H2/p+1. The lowest BCUT2D eigenvalue weighted by Crippen LogP contribution is -2.45. The van der Waals surface area contributed by atoms with Crippen LogP contribution in [-0.4, -0.2) is 60.7 Å². The van der Waals surface area contributed by atoms with Crippen LogP contribution >= 0.6 is 0 Å². The van der Waals surface area contributed by atoms with Crippen LogP contribution in [0.3, 0.4) is 0 Å². The molecule has 49 heavy (non-hydrogen) atoms. The highest BCUT2D eigenvalue weighted by Crippen LogP contribution is 2.49. The van der Waals surface area contributed by atoms with Gasteiger partial charge in [-0.05, 0) is 87.7 Å². The Hall–Kier alpha value is -3.29. The van der Waals surface area contributed by atoms with Crippen LogP contribution in [0.1, 0.15) is 84.7 Å². The maximum absolute atomic E-state index is 14.2. The van der Waals surface area contributed by atoms with Crippen LogP contribution in [0.25, 0.3) is 5.57 Å². The maximum atomic E-state index is 14.2. The van der Waals surface area contributed by atoms with Gasteiger partial charge in [-0.3, -0.25) is 4.55 Å². The highest BCUT2D eigenvalue weighted by molar-refractivity contribution is 7.89. The molecule has 0 unspecified atom stereocenters. The number of nitrogens with zero attached hydrogens (tertiary/aromatic N) is 2. The topological polar surface area (TPSA) is 142 Å². The van der Waals surface area contributed by atoms with Gasteiger partial charge in [-0.1, -0.05) is 18.9 Å². The second-order valence-electron chi connectivity index (χ2n) is 14.1. The lowest BCUT2D eigenvalue weighted by molar-refractivity contribution is 0.431. The number of unbranched alkanes of at least 4 members (excludes halogenated alkanes) is 3. The van der Waals surface area contributed by atoms with E-state index >= 15 is 0 Å². The number of hydrogen-bond acceptors (Lipinski definition) is 7. The second-order valence-corrected chi connectivity index (χ2v) is 17.2. The molecule has 0 spiro atoms. The summed E-state index contributed by atoms with van der Waals surface area (Å²) >= 11 is 0. The van der Waals surface area contributed by atoms with Crippen molar-refractivity contribution in [3.05, 3.63) is 74.3 Å². The number of anilines is 1. The molecule has 260 valence electrons. The van der Waals surface area contributed by atoms with Crippen molar-refractivity contribution in [2.45, 2.75) is 86.8 Å². The highest BCUT2D eigenvalue weighted by atomic mass is 32.2. The Morgan fingerprint density at radius 3 is 2.35 bits per heavy atom. The fourth-order valence-electron chi connectivity index (χ4n) is 8.80. The first-order valence-corrected chi connectivity index (χ1v) is 20.8. The number of benzene rings is 3. The molecule has 0 amide bonds. The van der Waals surface area contributed by atoms with Crippen molar-refractivity contribution in [2.75, 3.05) is 44.2 Å².